The van der Waals surface area contributed by atoms with E-state index in [0.717, 1.165) is 7.05 Å². The molecular weight excluding hydrogens is 361 g/mol. The summed E-state index contributed by atoms with van der Waals surface area (Å²) in [5.41, 5.74) is -1.95. The Kier molecular flexibility index (Phi) is 6.53. The summed E-state index contributed by atoms with van der Waals surface area (Å²) in [6.45, 7) is -3.86. The Morgan fingerprint density at radius 2 is 2.05 bits per heavy atom. The third-order valence-electron chi connectivity index (χ3n) is 1.86. The monoisotopic (exact) mass is 367 g/mol. The molecule has 0 aliphatic rings. The summed E-state index contributed by atoms with van der Waals surface area (Å²) in [6, 6.07) is 0. The average Bonchev–Trinajstić information content (AvgIpc) is 2.52. The van der Waals surface area contributed by atoms with Crippen molar-refractivity contribution in [3.8, 4) is 5.88 Å². The molecule has 0 amide bonds. The number of halogens is 6. The fraction of sp³-hybridized carbons (Fsp3) is 0.500. The van der Waals surface area contributed by atoms with Gasteiger partial charge in [0.15, 0.2) is 5.69 Å². The lowest BCUT2D eigenvalue weighted by Gasteiger charge is -2.07. The Bertz CT molecular complexity index is 483. The van der Waals surface area contributed by atoms with Crippen LogP contribution in [0.15, 0.2) is 4.99 Å². The number of aryl methyl sites for hydroxylation is 1. The minimum absolute atomic E-state index is 0. The van der Waals surface area contributed by atoms with Crippen LogP contribution < -0.4 is 4.74 Å². The maximum atomic E-state index is 12.6. The summed E-state index contributed by atoms with van der Waals surface area (Å²) < 4.78 is 66.6. The van der Waals surface area contributed by atoms with Crippen LogP contribution in [0.2, 0.25) is 0 Å². The Hall–Kier alpha value is -1.06. The van der Waals surface area contributed by atoms with E-state index in [2.05, 4.69) is 27.0 Å². The number of ether oxygens (including phenoxy) is 1. The summed E-state index contributed by atoms with van der Waals surface area (Å²) in [6.07, 6.45) is -4.80. The van der Waals surface area contributed by atoms with Crippen molar-refractivity contribution >= 4 is 34.4 Å². The van der Waals surface area contributed by atoms with Crippen LogP contribution in [-0.4, -0.2) is 21.6 Å². The molecule has 0 aliphatic heterocycles. The molecule has 0 atom stereocenters. The smallest absolute Gasteiger partial charge is 0.417 e. The van der Waals surface area contributed by atoms with E-state index in [-0.39, 0.29) is 17.0 Å². The zero-order valence-electron chi connectivity index (χ0n) is 9.24. The normalized spacial score (nSPS) is 10.9. The lowest BCUT2D eigenvalue weighted by atomic mass is 10.2. The number of hydrogen-bond donors (Lipinski definition) is 0. The van der Waals surface area contributed by atoms with E-state index >= 15 is 0 Å². The molecule has 0 fully saturated rings. The second-order valence-electron chi connectivity index (χ2n) is 3.04. The van der Waals surface area contributed by atoms with Crippen molar-refractivity contribution in [2.45, 2.75) is 19.3 Å². The highest BCUT2D eigenvalue weighted by Gasteiger charge is 2.39. The van der Waals surface area contributed by atoms with Gasteiger partial charge < -0.3 is 4.74 Å². The maximum absolute atomic E-state index is 12.6. The predicted molar refractivity (Wildman–Crippen MR) is 63.9 cm³/mol. The van der Waals surface area contributed by atoms with Crippen LogP contribution in [-0.2, 0) is 19.8 Å². The molecule has 0 N–H and O–H groups in total. The molecule has 108 valence electrons. The van der Waals surface area contributed by atoms with Crippen LogP contribution in [0, 0.1) is 0 Å². The van der Waals surface area contributed by atoms with Crippen LogP contribution in [0.4, 0.5) is 22.0 Å². The van der Waals surface area contributed by atoms with Gasteiger partial charge in [-0.25, -0.2) is 9.67 Å². The quantitative estimate of drug-likeness (QED) is 0.466. The van der Waals surface area contributed by atoms with Gasteiger partial charge in [-0.1, -0.05) is 0 Å². The van der Waals surface area contributed by atoms with E-state index in [1.165, 1.54) is 0 Å². The van der Waals surface area contributed by atoms with Gasteiger partial charge in [0, 0.05) is 7.05 Å². The van der Waals surface area contributed by atoms with Crippen molar-refractivity contribution < 1.29 is 26.7 Å². The van der Waals surface area contributed by atoms with Gasteiger partial charge >= 0.3 is 12.8 Å². The summed E-state index contributed by atoms with van der Waals surface area (Å²) in [5.74, 6) is -0.702. The second kappa shape index (κ2) is 6.92. The largest absolute Gasteiger partial charge is 0.435 e. The van der Waals surface area contributed by atoms with Gasteiger partial charge in [-0.3, -0.25) is 0 Å². The van der Waals surface area contributed by atoms with Gasteiger partial charge in [0.05, 0.1) is 17.3 Å². The first-order valence-electron chi connectivity index (χ1n) is 4.39. The fourth-order valence-corrected chi connectivity index (χ4v) is 1.33. The molecule has 0 saturated heterocycles. The second-order valence-corrected chi connectivity index (χ2v) is 3.22. The molecular formula is C8H7BrF5N3OS. The van der Waals surface area contributed by atoms with Gasteiger partial charge in [-0.2, -0.15) is 27.1 Å². The molecule has 0 aliphatic carbocycles. The minimum Gasteiger partial charge on any atom is -0.417 e. The Morgan fingerprint density at radius 3 is 2.47 bits per heavy atom. The van der Waals surface area contributed by atoms with Gasteiger partial charge in [0.1, 0.15) is 0 Å². The third-order valence-corrected chi connectivity index (χ3v) is 1.99. The first-order chi connectivity index (χ1) is 8.27. The van der Waals surface area contributed by atoms with Crippen molar-refractivity contribution in [1.29, 1.82) is 0 Å². The highest BCUT2D eigenvalue weighted by Crippen LogP contribution is 2.36. The number of rotatable bonds is 4. The molecule has 11 heteroatoms. The molecule has 4 nitrogen and oxygen atoms in total. The van der Waals surface area contributed by atoms with E-state index in [1.54, 1.807) is 0 Å². The summed E-state index contributed by atoms with van der Waals surface area (Å²) in [4.78, 5) is 3.28. The van der Waals surface area contributed by atoms with Crippen LogP contribution in [0.1, 0.15) is 11.3 Å². The molecule has 1 aromatic rings. The standard InChI is InChI=1S/C8H6F5N3OS.BrH/c1-16-6(17-7(9)10)4(2-14-3-18)5(15-16)8(11,12)13;/h7H,2H2,1H3;1H. The van der Waals surface area contributed by atoms with E-state index in [1.807, 2.05) is 5.16 Å². The predicted octanol–water partition coefficient (Wildman–Crippen LogP) is 3.22. The first-order valence-corrected chi connectivity index (χ1v) is 4.79. The lowest BCUT2D eigenvalue weighted by Crippen LogP contribution is -2.09. The molecule has 19 heavy (non-hydrogen) atoms. The number of alkyl halides is 5. The van der Waals surface area contributed by atoms with Crippen molar-refractivity contribution in [2.75, 3.05) is 0 Å². The van der Waals surface area contributed by atoms with E-state index < -0.39 is 36.5 Å². The number of nitrogens with zero attached hydrogens (tertiary/aromatic N) is 3. The lowest BCUT2D eigenvalue weighted by molar-refractivity contribution is -0.142. The zero-order chi connectivity index (χ0) is 13.9. The third kappa shape index (κ3) is 4.51. The maximum Gasteiger partial charge on any atom is 0.435 e. The minimum atomic E-state index is -4.80. The van der Waals surface area contributed by atoms with Crippen LogP contribution in [0.3, 0.4) is 0 Å². The Morgan fingerprint density at radius 1 is 1.47 bits per heavy atom. The number of thiocarbonyl (C=S) groups is 1. The molecule has 1 heterocycles. The Balaban J connectivity index is 0.00000324. The average molecular weight is 368 g/mol. The van der Waals surface area contributed by atoms with Crippen molar-refractivity contribution in [3.63, 3.8) is 0 Å². The SMILES string of the molecule is Br.Cn1nc(C(F)(F)F)c(CN=C=S)c1OC(F)F. The number of aromatic nitrogens is 2. The molecule has 0 bridgehead atoms. The van der Waals surface area contributed by atoms with Gasteiger partial charge in [-0.15, -0.1) is 17.0 Å². The molecule has 0 saturated carbocycles. The fourth-order valence-electron chi connectivity index (χ4n) is 1.27. The molecule has 0 aromatic carbocycles. The van der Waals surface area contributed by atoms with Gasteiger partial charge in [0.2, 0.25) is 5.88 Å². The summed E-state index contributed by atoms with van der Waals surface area (Å²) in [5, 5.41) is 4.94. The van der Waals surface area contributed by atoms with Crippen molar-refractivity contribution in [3.05, 3.63) is 11.3 Å². The number of isothiocyanates is 1. The van der Waals surface area contributed by atoms with E-state index in [0.29, 0.717) is 4.68 Å². The first kappa shape index (κ1) is 17.9. The van der Waals surface area contributed by atoms with Crippen LogP contribution >= 0.6 is 29.2 Å². The van der Waals surface area contributed by atoms with Gasteiger partial charge in [-0.05, 0) is 12.2 Å². The number of hydrogen-bond acceptors (Lipinski definition) is 4. The highest BCUT2D eigenvalue weighted by molar-refractivity contribution is 8.93. The molecule has 1 rings (SSSR count). The molecule has 1 aromatic heterocycles. The summed E-state index contributed by atoms with van der Waals surface area (Å²) >= 11 is 4.21. The topological polar surface area (TPSA) is 39.4 Å². The molecule has 0 unspecified atom stereocenters. The van der Waals surface area contributed by atoms with Crippen LogP contribution in [0.5, 0.6) is 5.88 Å². The van der Waals surface area contributed by atoms with E-state index in [9.17, 15) is 22.0 Å². The summed E-state index contributed by atoms with van der Waals surface area (Å²) in [7, 11) is 1.05. The van der Waals surface area contributed by atoms with E-state index in [4.69, 9.17) is 0 Å². The zero-order valence-corrected chi connectivity index (χ0v) is 11.8. The number of aliphatic imine (C=N–C) groups is 1. The molecule has 0 radical (unpaired) electrons. The van der Waals surface area contributed by atoms with Crippen molar-refractivity contribution in [1.82, 2.24) is 9.78 Å². The van der Waals surface area contributed by atoms with Gasteiger partial charge in [0.25, 0.3) is 0 Å². The highest BCUT2D eigenvalue weighted by atomic mass is 79.9. The Labute approximate surface area is 120 Å². The van der Waals surface area contributed by atoms with Crippen molar-refractivity contribution in [2.24, 2.45) is 12.0 Å². The van der Waals surface area contributed by atoms with Crippen LogP contribution in [0.25, 0.3) is 0 Å². The molecule has 0 spiro atoms.